The second-order valence-electron chi connectivity index (χ2n) is 7.54. The van der Waals surface area contributed by atoms with E-state index in [9.17, 15) is 9.59 Å². The number of halogens is 1. The molecular weight excluding hydrogens is 438 g/mol. The zero-order valence-electron chi connectivity index (χ0n) is 16.6. The van der Waals surface area contributed by atoms with Gasteiger partial charge in [-0.25, -0.2) is 0 Å². The molecule has 0 atom stereocenters. The number of fused-ring (bicyclic) bond motifs is 2. The Labute approximate surface area is 182 Å². The van der Waals surface area contributed by atoms with Gasteiger partial charge in [-0.1, -0.05) is 64.5 Å². The quantitative estimate of drug-likeness (QED) is 0.256. The average Bonchev–Trinajstić information content (AvgIpc) is 3.17. The third-order valence-corrected chi connectivity index (χ3v) is 6.46. The zero-order valence-corrected chi connectivity index (χ0v) is 18.2. The third kappa shape index (κ3) is 2.71. The van der Waals surface area contributed by atoms with Gasteiger partial charge in [-0.15, -0.1) is 0 Å². The molecule has 3 nitrogen and oxygen atoms in total. The number of hydrogen-bond acceptors (Lipinski definition) is 2. The van der Waals surface area contributed by atoms with Crippen molar-refractivity contribution in [2.45, 2.75) is 13.8 Å². The Hall–Kier alpha value is -3.24. The molecule has 0 fully saturated rings. The first-order valence-electron chi connectivity index (χ1n) is 9.74. The van der Waals surface area contributed by atoms with Gasteiger partial charge in [0.15, 0.2) is 11.6 Å². The molecule has 0 aliphatic heterocycles. The van der Waals surface area contributed by atoms with E-state index in [-0.39, 0.29) is 17.1 Å². The van der Waals surface area contributed by atoms with Crippen molar-refractivity contribution in [2.24, 2.45) is 0 Å². The molecule has 0 saturated carbocycles. The maximum atomic E-state index is 12.8. The number of hydrogen-bond donors (Lipinski definition) is 0. The van der Waals surface area contributed by atoms with Crippen LogP contribution in [-0.2, 0) is 0 Å². The number of ketones is 2. The van der Waals surface area contributed by atoms with Gasteiger partial charge in [-0.2, -0.15) is 0 Å². The summed E-state index contributed by atoms with van der Waals surface area (Å²) in [5.74, 6) is -0.399. The Bertz CT molecular complexity index is 1370. The first kappa shape index (κ1) is 18.8. The van der Waals surface area contributed by atoms with Crippen molar-refractivity contribution in [1.82, 2.24) is 4.57 Å². The van der Waals surface area contributed by atoms with E-state index < -0.39 is 0 Å². The van der Waals surface area contributed by atoms with Crippen LogP contribution < -0.4 is 0 Å². The van der Waals surface area contributed by atoms with E-state index in [0.717, 1.165) is 37.9 Å². The standard InChI is InChI=1S/C26H18BrNO2/c1-15-13-17(14-22-25(29)20-9-5-6-10-21(20)26(22)30)16(2)28(15)24-12-11-23(27)18-7-3-4-8-19(18)24/h3-14H,1-2H3. The van der Waals surface area contributed by atoms with Gasteiger partial charge in [-0.3, -0.25) is 9.59 Å². The Balaban J connectivity index is 1.67. The first-order chi connectivity index (χ1) is 14.5. The number of nitrogens with zero attached hydrogens (tertiary/aromatic N) is 1. The number of benzene rings is 3. The monoisotopic (exact) mass is 455 g/mol. The van der Waals surface area contributed by atoms with Crippen molar-refractivity contribution >= 4 is 44.3 Å². The molecule has 5 rings (SSSR count). The van der Waals surface area contributed by atoms with Crippen LogP contribution in [0.5, 0.6) is 0 Å². The van der Waals surface area contributed by atoms with Gasteiger partial charge in [0, 0.05) is 32.4 Å². The topological polar surface area (TPSA) is 39.1 Å². The molecule has 1 aromatic heterocycles. The second-order valence-corrected chi connectivity index (χ2v) is 8.39. The van der Waals surface area contributed by atoms with Crippen LogP contribution in [0.1, 0.15) is 37.7 Å². The molecule has 1 heterocycles. The molecule has 0 unspecified atom stereocenters. The largest absolute Gasteiger partial charge is 0.317 e. The van der Waals surface area contributed by atoms with Crippen molar-refractivity contribution in [3.8, 4) is 5.69 Å². The van der Waals surface area contributed by atoms with Gasteiger partial charge < -0.3 is 4.57 Å². The molecule has 0 bridgehead atoms. The van der Waals surface area contributed by atoms with Crippen molar-refractivity contribution in [1.29, 1.82) is 0 Å². The zero-order chi connectivity index (χ0) is 21.0. The highest BCUT2D eigenvalue weighted by Crippen LogP contribution is 2.33. The van der Waals surface area contributed by atoms with Gasteiger partial charge >= 0.3 is 0 Å². The maximum Gasteiger partial charge on any atom is 0.197 e. The second kappa shape index (κ2) is 6.92. The minimum atomic E-state index is -0.200. The number of carbonyl (C=O) groups excluding carboxylic acids is 2. The molecule has 0 radical (unpaired) electrons. The fourth-order valence-electron chi connectivity index (χ4n) is 4.30. The van der Waals surface area contributed by atoms with E-state index in [0.29, 0.717) is 11.1 Å². The molecule has 30 heavy (non-hydrogen) atoms. The van der Waals surface area contributed by atoms with E-state index in [1.54, 1.807) is 30.3 Å². The van der Waals surface area contributed by atoms with Crippen molar-refractivity contribution in [3.63, 3.8) is 0 Å². The highest BCUT2D eigenvalue weighted by Gasteiger charge is 2.32. The lowest BCUT2D eigenvalue weighted by Crippen LogP contribution is -2.02. The lowest BCUT2D eigenvalue weighted by Gasteiger charge is -2.14. The third-order valence-electron chi connectivity index (χ3n) is 5.76. The lowest BCUT2D eigenvalue weighted by atomic mass is 10.1. The highest BCUT2D eigenvalue weighted by molar-refractivity contribution is 9.10. The van der Waals surface area contributed by atoms with E-state index in [2.05, 4.69) is 44.8 Å². The number of rotatable bonds is 2. The number of aryl methyl sites for hydroxylation is 1. The fourth-order valence-corrected chi connectivity index (χ4v) is 4.78. The van der Waals surface area contributed by atoms with E-state index in [4.69, 9.17) is 0 Å². The molecule has 4 aromatic rings. The molecule has 4 heteroatoms. The summed E-state index contributed by atoms with van der Waals surface area (Å²) in [5.41, 5.74) is 5.19. The molecule has 146 valence electrons. The SMILES string of the molecule is Cc1cc(C=C2C(=O)c3ccccc3C2=O)c(C)n1-c1ccc(Br)c2ccccc12. The van der Waals surface area contributed by atoms with Gasteiger partial charge in [-0.05, 0) is 49.1 Å². The van der Waals surface area contributed by atoms with Crippen LogP contribution >= 0.6 is 15.9 Å². The Morgan fingerprint density at radius 1 is 0.800 bits per heavy atom. The lowest BCUT2D eigenvalue weighted by molar-refractivity contribution is 0.0990. The number of aromatic nitrogens is 1. The first-order valence-corrected chi connectivity index (χ1v) is 10.5. The molecular formula is C26H18BrNO2. The van der Waals surface area contributed by atoms with Crippen LogP contribution in [0.4, 0.5) is 0 Å². The Morgan fingerprint density at radius 3 is 2.07 bits per heavy atom. The van der Waals surface area contributed by atoms with Crippen LogP contribution in [-0.4, -0.2) is 16.1 Å². The van der Waals surface area contributed by atoms with E-state index >= 15 is 0 Å². The summed E-state index contributed by atoms with van der Waals surface area (Å²) in [5, 5.41) is 2.27. The molecule has 0 saturated heterocycles. The summed E-state index contributed by atoms with van der Waals surface area (Å²) in [4.78, 5) is 25.6. The molecule has 0 amide bonds. The fraction of sp³-hybridized carbons (Fsp3) is 0.0769. The molecule has 1 aliphatic rings. The number of allylic oxidation sites excluding steroid dienone is 1. The van der Waals surface area contributed by atoms with Crippen LogP contribution in [0, 0.1) is 13.8 Å². The molecule has 0 N–H and O–H groups in total. The summed E-state index contributed by atoms with van der Waals surface area (Å²) in [6, 6.07) is 21.4. The van der Waals surface area contributed by atoms with Gasteiger partial charge in [0.1, 0.15) is 0 Å². The summed E-state index contributed by atoms with van der Waals surface area (Å²) in [6.07, 6.45) is 1.74. The van der Waals surface area contributed by atoms with Gasteiger partial charge in [0.05, 0.1) is 11.3 Å². The van der Waals surface area contributed by atoms with E-state index in [1.807, 2.05) is 32.0 Å². The van der Waals surface area contributed by atoms with Crippen molar-refractivity contribution in [2.75, 3.05) is 0 Å². The molecule has 1 aliphatic carbocycles. The Morgan fingerprint density at radius 2 is 1.40 bits per heavy atom. The summed E-state index contributed by atoms with van der Waals surface area (Å²) < 4.78 is 3.23. The predicted octanol–water partition coefficient (Wildman–Crippen LogP) is 6.47. The van der Waals surface area contributed by atoms with E-state index in [1.165, 1.54) is 0 Å². The number of Topliss-reactive ketones (excluding diaryl/α,β-unsaturated/α-hetero) is 2. The van der Waals surface area contributed by atoms with Crippen LogP contribution in [0.25, 0.3) is 22.5 Å². The van der Waals surface area contributed by atoms with Crippen molar-refractivity contribution in [3.05, 3.63) is 105 Å². The van der Waals surface area contributed by atoms with Crippen LogP contribution in [0.2, 0.25) is 0 Å². The highest BCUT2D eigenvalue weighted by atomic mass is 79.9. The molecule has 3 aromatic carbocycles. The summed E-state index contributed by atoms with van der Waals surface area (Å²) >= 11 is 3.64. The van der Waals surface area contributed by atoms with Crippen LogP contribution in [0.15, 0.2) is 76.8 Å². The smallest absolute Gasteiger partial charge is 0.197 e. The summed E-state index contributed by atoms with van der Waals surface area (Å²) in [6.45, 7) is 4.06. The van der Waals surface area contributed by atoms with Crippen molar-refractivity contribution < 1.29 is 9.59 Å². The minimum absolute atomic E-state index is 0.200. The van der Waals surface area contributed by atoms with Gasteiger partial charge in [0.2, 0.25) is 0 Å². The van der Waals surface area contributed by atoms with Gasteiger partial charge in [0.25, 0.3) is 0 Å². The Kier molecular flexibility index (Phi) is 4.33. The predicted molar refractivity (Wildman–Crippen MR) is 124 cm³/mol. The normalized spacial score (nSPS) is 13.2. The number of carbonyl (C=O) groups is 2. The molecule has 0 spiro atoms. The maximum absolute atomic E-state index is 12.8. The van der Waals surface area contributed by atoms with Crippen LogP contribution in [0.3, 0.4) is 0 Å². The average molecular weight is 456 g/mol. The minimum Gasteiger partial charge on any atom is -0.317 e. The summed E-state index contributed by atoms with van der Waals surface area (Å²) in [7, 11) is 0.